The van der Waals surface area contributed by atoms with Crippen LogP contribution in [0.4, 0.5) is 0 Å². The third kappa shape index (κ3) is 47.5. The Balaban J connectivity index is 4.19. The first-order chi connectivity index (χ1) is 29.5. The van der Waals surface area contributed by atoms with Crippen LogP contribution in [0.15, 0.2) is 72.9 Å². The Morgan fingerprint density at radius 2 is 0.817 bits per heavy atom. The smallest absolute Gasteiger partial charge is 0.322 e. The van der Waals surface area contributed by atoms with Crippen LogP contribution in [0.3, 0.4) is 0 Å². The van der Waals surface area contributed by atoms with Gasteiger partial charge in [-0.05, 0) is 89.9 Å². The van der Waals surface area contributed by atoms with E-state index in [0.717, 1.165) is 122 Å². The van der Waals surface area contributed by atoms with Crippen molar-refractivity contribution in [2.24, 2.45) is 0 Å². The normalized spacial score (nSPS) is 12.7. The average molecular weight is 836 g/mol. The van der Waals surface area contributed by atoms with Gasteiger partial charge in [-0.25, -0.2) is 0 Å². The molecule has 0 fully saturated rings. The van der Waals surface area contributed by atoms with Gasteiger partial charge in [0, 0.05) is 12.8 Å². The molecule has 60 heavy (non-hydrogen) atoms. The number of unbranched alkanes of at least 4 members (excludes halogenated alkanes) is 22. The van der Waals surface area contributed by atoms with Crippen molar-refractivity contribution in [2.45, 2.75) is 245 Å². The van der Waals surface area contributed by atoms with Crippen LogP contribution in [0.25, 0.3) is 0 Å². The highest BCUT2D eigenvalue weighted by atomic mass is 16.5. The summed E-state index contributed by atoms with van der Waals surface area (Å²) in [5, 5.41) is 11.1. The number of ether oxygens (including phenoxy) is 1. The third-order valence-corrected chi connectivity index (χ3v) is 10.9. The van der Waals surface area contributed by atoms with E-state index in [4.69, 9.17) is 9.84 Å². The predicted molar refractivity (Wildman–Crippen MR) is 258 cm³/mol. The van der Waals surface area contributed by atoms with Gasteiger partial charge in [0.15, 0.2) is 0 Å². The van der Waals surface area contributed by atoms with Gasteiger partial charge in [0.05, 0.1) is 0 Å². The second-order valence-corrected chi connectivity index (χ2v) is 16.7. The lowest BCUT2D eigenvalue weighted by Crippen LogP contribution is -2.28. The van der Waals surface area contributed by atoms with Crippen LogP contribution in [0, 0.1) is 0 Å². The van der Waals surface area contributed by atoms with Gasteiger partial charge in [0.25, 0.3) is 0 Å². The van der Waals surface area contributed by atoms with E-state index in [9.17, 15) is 14.4 Å². The molecule has 1 atom stereocenters. The lowest BCUT2D eigenvalue weighted by molar-refractivity contribution is -0.150. The highest BCUT2D eigenvalue weighted by molar-refractivity contribution is 5.80. The van der Waals surface area contributed by atoms with E-state index in [1.807, 2.05) is 0 Å². The molecule has 0 rings (SSSR count). The minimum atomic E-state index is -1.02. The van der Waals surface area contributed by atoms with Crippen molar-refractivity contribution >= 4 is 17.8 Å². The van der Waals surface area contributed by atoms with Gasteiger partial charge in [0.2, 0.25) is 5.91 Å². The highest BCUT2D eigenvalue weighted by Gasteiger charge is 2.14. The lowest BCUT2D eigenvalue weighted by atomic mass is 10.0. The Labute approximate surface area is 370 Å². The molecular formula is C54H93NO5. The molecule has 0 aromatic rings. The number of esters is 1. The molecule has 0 aromatic heterocycles. The second kappa shape index (κ2) is 48.5. The zero-order valence-corrected chi connectivity index (χ0v) is 39.0. The van der Waals surface area contributed by atoms with Crippen LogP contribution in [-0.2, 0) is 19.1 Å². The summed E-state index contributed by atoms with van der Waals surface area (Å²) in [5.41, 5.74) is 0. The zero-order chi connectivity index (χ0) is 43.7. The maximum Gasteiger partial charge on any atom is 0.322 e. The van der Waals surface area contributed by atoms with E-state index in [1.54, 1.807) is 0 Å². The molecule has 0 bridgehead atoms. The van der Waals surface area contributed by atoms with Crippen LogP contribution >= 0.6 is 0 Å². The van der Waals surface area contributed by atoms with Crippen molar-refractivity contribution in [2.75, 3.05) is 6.54 Å². The number of carbonyl (C=O) groups is 3. The fourth-order valence-corrected chi connectivity index (χ4v) is 7.23. The fraction of sp³-hybridized carbons (Fsp3) is 0.722. The number of amides is 1. The van der Waals surface area contributed by atoms with Gasteiger partial charge >= 0.3 is 11.9 Å². The van der Waals surface area contributed by atoms with Gasteiger partial charge in [0.1, 0.15) is 12.6 Å². The van der Waals surface area contributed by atoms with Crippen LogP contribution in [-0.4, -0.2) is 35.6 Å². The molecule has 0 saturated carbocycles. The summed E-state index contributed by atoms with van der Waals surface area (Å²) in [6, 6.07) is 0. The first-order valence-electron chi connectivity index (χ1n) is 25.1. The molecule has 6 nitrogen and oxygen atoms in total. The summed E-state index contributed by atoms with van der Waals surface area (Å²) in [4.78, 5) is 35.2. The SMILES string of the molecule is CC/C=C\C/C=C\C/C=C\C/C=C\C/C=C\C/C=C\CCCCCCC(=O)OC(CCCCCCCCCCCCCCCCC)CCCCCCCC(=O)NCC(=O)O. The van der Waals surface area contributed by atoms with E-state index < -0.39 is 5.97 Å². The monoisotopic (exact) mass is 836 g/mol. The van der Waals surface area contributed by atoms with Gasteiger partial charge in [-0.2, -0.15) is 0 Å². The molecule has 1 amide bonds. The van der Waals surface area contributed by atoms with E-state index in [-0.39, 0.29) is 24.5 Å². The molecular weight excluding hydrogens is 743 g/mol. The molecule has 0 aromatic carbocycles. The summed E-state index contributed by atoms with van der Waals surface area (Å²) in [6.45, 7) is 4.13. The Morgan fingerprint density at radius 3 is 1.25 bits per heavy atom. The van der Waals surface area contributed by atoms with E-state index in [2.05, 4.69) is 92.1 Å². The fourth-order valence-electron chi connectivity index (χ4n) is 7.23. The van der Waals surface area contributed by atoms with Crippen LogP contribution < -0.4 is 5.32 Å². The third-order valence-electron chi connectivity index (χ3n) is 10.9. The Kier molecular flexibility index (Phi) is 46.0. The average Bonchev–Trinajstić information content (AvgIpc) is 3.24. The number of hydrogen-bond donors (Lipinski definition) is 2. The first-order valence-corrected chi connectivity index (χ1v) is 25.1. The Morgan fingerprint density at radius 1 is 0.450 bits per heavy atom. The Hall–Kier alpha value is -3.15. The van der Waals surface area contributed by atoms with Gasteiger partial charge < -0.3 is 15.2 Å². The minimum Gasteiger partial charge on any atom is -0.480 e. The van der Waals surface area contributed by atoms with Crippen molar-refractivity contribution in [1.29, 1.82) is 0 Å². The number of carboxylic acids is 1. The maximum absolute atomic E-state index is 12.8. The quantitative estimate of drug-likeness (QED) is 0.0362. The molecule has 0 aliphatic heterocycles. The number of allylic oxidation sites excluding steroid dienone is 12. The maximum atomic E-state index is 12.8. The van der Waals surface area contributed by atoms with Crippen molar-refractivity contribution in [3.63, 3.8) is 0 Å². The van der Waals surface area contributed by atoms with Crippen LogP contribution in [0.1, 0.15) is 239 Å². The zero-order valence-electron chi connectivity index (χ0n) is 39.0. The number of carboxylic acid groups (broad SMARTS) is 1. The van der Waals surface area contributed by atoms with Crippen molar-refractivity contribution in [3.8, 4) is 0 Å². The number of nitrogens with one attached hydrogen (secondary N) is 1. The molecule has 0 saturated heterocycles. The van der Waals surface area contributed by atoms with Crippen LogP contribution in [0.5, 0.6) is 0 Å². The molecule has 1 unspecified atom stereocenters. The van der Waals surface area contributed by atoms with Crippen molar-refractivity contribution in [1.82, 2.24) is 5.32 Å². The largest absolute Gasteiger partial charge is 0.480 e. The Bertz CT molecular complexity index is 1150. The van der Waals surface area contributed by atoms with Gasteiger partial charge in [-0.1, -0.05) is 209 Å². The van der Waals surface area contributed by atoms with Gasteiger partial charge in [-0.3, -0.25) is 14.4 Å². The summed E-state index contributed by atoms with van der Waals surface area (Å²) in [7, 11) is 0. The molecule has 6 heteroatoms. The summed E-state index contributed by atoms with van der Waals surface area (Å²) < 4.78 is 6.06. The highest BCUT2D eigenvalue weighted by Crippen LogP contribution is 2.19. The van der Waals surface area contributed by atoms with E-state index >= 15 is 0 Å². The molecule has 344 valence electrons. The summed E-state index contributed by atoms with van der Waals surface area (Å²) in [5.74, 6) is -1.25. The van der Waals surface area contributed by atoms with E-state index in [1.165, 1.54) is 89.9 Å². The molecule has 0 radical (unpaired) electrons. The van der Waals surface area contributed by atoms with Gasteiger partial charge in [-0.15, -0.1) is 0 Å². The lowest BCUT2D eigenvalue weighted by Gasteiger charge is -2.18. The molecule has 0 spiro atoms. The minimum absolute atomic E-state index is 0.00868. The molecule has 2 N–H and O–H groups in total. The van der Waals surface area contributed by atoms with Crippen molar-refractivity contribution < 1.29 is 24.2 Å². The number of aliphatic carboxylic acids is 1. The predicted octanol–water partition coefficient (Wildman–Crippen LogP) is 16.1. The number of hydrogen-bond acceptors (Lipinski definition) is 4. The topological polar surface area (TPSA) is 92.7 Å². The number of rotatable bonds is 45. The molecule has 0 aliphatic rings. The summed E-state index contributed by atoms with van der Waals surface area (Å²) >= 11 is 0. The number of carbonyl (C=O) groups excluding carboxylic acids is 2. The van der Waals surface area contributed by atoms with E-state index in [0.29, 0.717) is 12.8 Å². The standard InChI is InChI=1S/C54H93NO5/c1-3-5-7-9-11-13-15-17-19-20-21-22-23-24-25-26-28-30-32-34-36-41-45-49-54(59)60-51(47-43-39-37-40-44-48-52(56)55-50-53(57)58)46-42-38-35-33-31-29-27-18-16-14-12-10-8-6-4-2/h5,7,11,13,17,19,21-22,24-25,28,30,51H,3-4,6,8-10,12,14-16,18,20,23,26-27,29,31-50H2,1-2H3,(H,55,56)(H,57,58)/b7-5-,13-11-,19-17-,22-21-,25-24-,30-28-. The van der Waals surface area contributed by atoms with Crippen molar-refractivity contribution in [3.05, 3.63) is 72.9 Å². The molecule has 0 aliphatic carbocycles. The molecule has 0 heterocycles. The van der Waals surface area contributed by atoms with Crippen LogP contribution in [0.2, 0.25) is 0 Å². The summed E-state index contributed by atoms with van der Waals surface area (Å²) in [6.07, 6.45) is 66.1. The second-order valence-electron chi connectivity index (χ2n) is 16.7. The first kappa shape index (κ1) is 56.9.